The van der Waals surface area contributed by atoms with E-state index >= 15 is 0 Å². The largest absolute Gasteiger partial charge is 0.326 e. The first-order valence-electron chi connectivity index (χ1n) is 11.4. The normalized spacial score (nSPS) is 21.7. The highest BCUT2D eigenvalue weighted by Gasteiger charge is 2.37. The summed E-state index contributed by atoms with van der Waals surface area (Å²) in [6.45, 7) is 2.21. The first-order valence-corrected chi connectivity index (χ1v) is 12.3. The van der Waals surface area contributed by atoms with E-state index in [2.05, 4.69) is 21.7 Å². The van der Waals surface area contributed by atoms with E-state index < -0.39 is 0 Å². The Bertz CT molecular complexity index is 1290. The van der Waals surface area contributed by atoms with Crippen LogP contribution in [0.2, 0.25) is 0 Å². The molecule has 7 heteroatoms. The van der Waals surface area contributed by atoms with Crippen molar-refractivity contribution < 1.29 is 9.59 Å². The smallest absolute Gasteiger partial charge is 0.276 e. The molecule has 0 saturated heterocycles. The molecule has 1 aliphatic carbocycles. The van der Waals surface area contributed by atoms with E-state index in [4.69, 9.17) is 4.98 Å². The van der Waals surface area contributed by atoms with Crippen molar-refractivity contribution in [2.75, 3.05) is 11.4 Å². The molecule has 2 atom stereocenters. The number of aromatic nitrogens is 3. The number of para-hydroxylation sites is 1. The zero-order chi connectivity index (χ0) is 22.5. The molecule has 3 aromatic rings. The molecule has 3 aliphatic rings. The van der Waals surface area contributed by atoms with Crippen LogP contribution in [0.4, 0.5) is 5.69 Å². The van der Waals surface area contributed by atoms with Crippen molar-refractivity contribution in [1.29, 1.82) is 0 Å². The third-order valence-corrected chi connectivity index (χ3v) is 8.19. The Balaban J connectivity index is 1.34. The summed E-state index contributed by atoms with van der Waals surface area (Å²) >= 11 is 1.63. The third kappa shape index (κ3) is 3.60. The average Bonchev–Trinajstić information content (AvgIpc) is 3.44. The standard InChI is InChI=1S/C26H24N4O2S/c1-16(31)24-13-17-11-12-29(22-8-3-2-5-19(22)25(17)33-24)26(32)21-7-4-6-20(28-21)23-14-27-15-30(23)18-9-10-18/h2-8,13-15,17-18,25H,9-12H2,1H3. The van der Waals surface area contributed by atoms with Gasteiger partial charge in [0.25, 0.3) is 5.91 Å². The van der Waals surface area contributed by atoms with Crippen LogP contribution in [-0.4, -0.2) is 32.8 Å². The van der Waals surface area contributed by atoms with Gasteiger partial charge in [-0.3, -0.25) is 9.59 Å². The molecular weight excluding hydrogens is 432 g/mol. The summed E-state index contributed by atoms with van der Waals surface area (Å²) in [7, 11) is 0. The number of anilines is 1. The maximum Gasteiger partial charge on any atom is 0.276 e. The average molecular weight is 457 g/mol. The number of thioether (sulfide) groups is 1. The number of hydrogen-bond donors (Lipinski definition) is 0. The number of amides is 1. The van der Waals surface area contributed by atoms with Gasteiger partial charge in [0.2, 0.25) is 0 Å². The van der Waals surface area contributed by atoms with Crippen LogP contribution in [0, 0.1) is 5.92 Å². The Kier molecular flexibility index (Phi) is 4.94. The van der Waals surface area contributed by atoms with Gasteiger partial charge in [0.1, 0.15) is 5.69 Å². The Hall–Kier alpha value is -3.19. The van der Waals surface area contributed by atoms with Crippen molar-refractivity contribution >= 4 is 29.1 Å². The van der Waals surface area contributed by atoms with Gasteiger partial charge >= 0.3 is 0 Å². The van der Waals surface area contributed by atoms with Crippen LogP contribution in [0.5, 0.6) is 0 Å². The highest BCUT2D eigenvalue weighted by atomic mass is 32.2. The number of pyridine rings is 1. The molecule has 33 heavy (non-hydrogen) atoms. The molecule has 1 saturated carbocycles. The second-order valence-electron chi connectivity index (χ2n) is 8.92. The second kappa shape index (κ2) is 7.99. The molecule has 0 spiro atoms. The number of allylic oxidation sites excluding steroid dienone is 2. The topological polar surface area (TPSA) is 68.1 Å². The van der Waals surface area contributed by atoms with Crippen molar-refractivity contribution in [2.45, 2.75) is 37.5 Å². The summed E-state index contributed by atoms with van der Waals surface area (Å²) in [6.07, 6.45) is 8.91. The molecule has 4 heterocycles. The first kappa shape index (κ1) is 20.4. The van der Waals surface area contributed by atoms with Gasteiger partial charge in [0, 0.05) is 28.4 Å². The number of ketones is 1. The number of Topliss-reactive ketones (excluding diaryl/α,β-unsaturated/α-hetero) is 1. The summed E-state index contributed by atoms with van der Waals surface area (Å²) in [5.41, 5.74) is 4.18. The van der Waals surface area contributed by atoms with Crippen LogP contribution in [0.1, 0.15) is 53.5 Å². The Morgan fingerprint density at radius 2 is 1.91 bits per heavy atom. The maximum absolute atomic E-state index is 13.7. The minimum Gasteiger partial charge on any atom is -0.326 e. The SMILES string of the molecule is CC(=O)C1=CC2CCN(C(=O)c3cccc(-c4cncn4C4CC4)n3)c3ccccc3C2S1. The molecule has 1 fully saturated rings. The molecule has 166 valence electrons. The van der Waals surface area contributed by atoms with E-state index in [0.717, 1.165) is 46.8 Å². The van der Waals surface area contributed by atoms with Crippen LogP contribution < -0.4 is 4.90 Å². The fourth-order valence-electron chi connectivity index (χ4n) is 4.84. The van der Waals surface area contributed by atoms with E-state index in [1.807, 2.05) is 47.8 Å². The number of hydrogen-bond acceptors (Lipinski definition) is 5. The Morgan fingerprint density at radius 1 is 1.06 bits per heavy atom. The van der Waals surface area contributed by atoms with Crippen molar-refractivity contribution in [3.63, 3.8) is 0 Å². The highest BCUT2D eigenvalue weighted by Crippen LogP contribution is 2.53. The van der Waals surface area contributed by atoms with Gasteiger partial charge in [-0.25, -0.2) is 9.97 Å². The Labute approximate surface area is 196 Å². The zero-order valence-electron chi connectivity index (χ0n) is 18.3. The minimum absolute atomic E-state index is 0.0949. The first-order chi connectivity index (χ1) is 16.1. The lowest BCUT2D eigenvalue weighted by molar-refractivity contribution is -0.112. The van der Waals surface area contributed by atoms with Gasteiger partial charge in [0.15, 0.2) is 5.78 Å². The molecule has 0 N–H and O–H groups in total. The summed E-state index contributed by atoms with van der Waals surface area (Å²) < 4.78 is 2.16. The molecule has 0 bridgehead atoms. The predicted molar refractivity (Wildman–Crippen MR) is 129 cm³/mol. The van der Waals surface area contributed by atoms with Gasteiger partial charge in [-0.05, 0) is 55.9 Å². The van der Waals surface area contributed by atoms with Gasteiger partial charge in [-0.2, -0.15) is 0 Å². The number of nitrogens with zero attached hydrogens (tertiary/aromatic N) is 4. The molecule has 2 aliphatic heterocycles. The fourth-order valence-corrected chi connectivity index (χ4v) is 6.25. The van der Waals surface area contributed by atoms with Crippen LogP contribution in [0.25, 0.3) is 11.4 Å². The number of fused-ring (bicyclic) bond motifs is 3. The molecule has 6 nitrogen and oxygen atoms in total. The monoisotopic (exact) mass is 456 g/mol. The van der Waals surface area contributed by atoms with E-state index in [-0.39, 0.29) is 22.9 Å². The summed E-state index contributed by atoms with van der Waals surface area (Å²) in [4.78, 5) is 37.5. The predicted octanol–water partition coefficient (Wildman–Crippen LogP) is 5.21. The molecule has 1 amide bonds. The van der Waals surface area contributed by atoms with Gasteiger partial charge < -0.3 is 9.47 Å². The molecule has 6 rings (SSSR count). The fraction of sp³-hybridized carbons (Fsp3) is 0.308. The van der Waals surface area contributed by atoms with E-state index in [0.29, 0.717) is 18.3 Å². The lowest BCUT2D eigenvalue weighted by Gasteiger charge is -2.23. The van der Waals surface area contributed by atoms with E-state index in [1.54, 1.807) is 24.8 Å². The summed E-state index contributed by atoms with van der Waals surface area (Å²) in [5, 5.41) is 0.157. The molecule has 2 unspecified atom stereocenters. The van der Waals surface area contributed by atoms with Crippen LogP contribution in [-0.2, 0) is 4.79 Å². The van der Waals surface area contributed by atoms with Crippen molar-refractivity contribution in [3.8, 4) is 11.4 Å². The third-order valence-electron chi connectivity index (χ3n) is 6.66. The lowest BCUT2D eigenvalue weighted by Crippen LogP contribution is -2.32. The van der Waals surface area contributed by atoms with Crippen LogP contribution in [0.15, 0.2) is 66.0 Å². The number of carbonyl (C=O) groups is 2. The van der Waals surface area contributed by atoms with Gasteiger partial charge in [-0.15, -0.1) is 11.8 Å². The summed E-state index contributed by atoms with van der Waals surface area (Å²) in [5.74, 6) is 0.257. The molecular formula is C26H24N4O2S. The van der Waals surface area contributed by atoms with Gasteiger partial charge in [-0.1, -0.05) is 30.3 Å². The molecule has 1 aromatic carbocycles. The van der Waals surface area contributed by atoms with Crippen LogP contribution in [0.3, 0.4) is 0 Å². The zero-order valence-corrected chi connectivity index (χ0v) is 19.2. The molecule has 0 radical (unpaired) electrons. The van der Waals surface area contributed by atoms with Crippen LogP contribution >= 0.6 is 11.8 Å². The second-order valence-corrected chi connectivity index (χ2v) is 10.1. The summed E-state index contributed by atoms with van der Waals surface area (Å²) in [6, 6.07) is 14.2. The minimum atomic E-state index is -0.0949. The van der Waals surface area contributed by atoms with Crippen molar-refractivity contribution in [2.24, 2.45) is 5.92 Å². The highest BCUT2D eigenvalue weighted by molar-refractivity contribution is 8.04. The number of imidazole rings is 1. The quantitative estimate of drug-likeness (QED) is 0.539. The number of rotatable bonds is 4. The molecule has 2 aromatic heterocycles. The van der Waals surface area contributed by atoms with Gasteiger partial charge in [0.05, 0.1) is 23.9 Å². The van der Waals surface area contributed by atoms with E-state index in [9.17, 15) is 9.59 Å². The Morgan fingerprint density at radius 3 is 2.73 bits per heavy atom. The number of carbonyl (C=O) groups excluding carboxylic acids is 2. The number of benzene rings is 1. The lowest BCUT2D eigenvalue weighted by atomic mass is 9.96. The van der Waals surface area contributed by atoms with Crippen molar-refractivity contribution in [1.82, 2.24) is 14.5 Å². The van der Waals surface area contributed by atoms with Crippen molar-refractivity contribution in [3.05, 3.63) is 77.2 Å². The maximum atomic E-state index is 13.7. The van der Waals surface area contributed by atoms with E-state index in [1.165, 1.54) is 0 Å².